The highest BCUT2D eigenvalue weighted by molar-refractivity contribution is 7.90. The maximum atomic E-state index is 14.0. The molecule has 0 radical (unpaired) electrons. The number of carbonyl (C=O) groups excluding carboxylic acids is 1. The second-order valence-corrected chi connectivity index (χ2v) is 15.2. The molecule has 8 nitrogen and oxygen atoms in total. The minimum Gasteiger partial charge on any atom is -0.507 e. The van der Waals surface area contributed by atoms with Crippen LogP contribution in [0.3, 0.4) is 0 Å². The molecule has 6 rings (SSSR count). The van der Waals surface area contributed by atoms with Gasteiger partial charge in [-0.15, -0.1) is 0 Å². The Hall–Kier alpha value is -3.24. The minimum absolute atomic E-state index is 0.00580. The molecule has 0 bridgehead atoms. The summed E-state index contributed by atoms with van der Waals surface area (Å²) < 4.78 is 29.2. The lowest BCUT2D eigenvalue weighted by molar-refractivity contribution is 0.0823. The van der Waals surface area contributed by atoms with Crippen LogP contribution in [0, 0.1) is 5.41 Å². The number of phenols is 1. The zero-order valence-electron chi connectivity index (χ0n) is 25.9. The molecule has 9 heteroatoms. The maximum Gasteiger partial charge on any atom is 0.179 e. The first kappa shape index (κ1) is 31.7. The van der Waals surface area contributed by atoms with E-state index in [0.29, 0.717) is 18.5 Å². The molecule has 0 amide bonds. The Morgan fingerprint density at radius 1 is 1.02 bits per heavy atom. The summed E-state index contributed by atoms with van der Waals surface area (Å²) in [6.07, 6.45) is 7.36. The van der Waals surface area contributed by atoms with Gasteiger partial charge in [0.1, 0.15) is 29.1 Å². The summed E-state index contributed by atoms with van der Waals surface area (Å²) in [5, 5.41) is 27.2. The molecule has 2 atom stereocenters. The van der Waals surface area contributed by atoms with E-state index < -0.39 is 15.9 Å². The van der Waals surface area contributed by atoms with Gasteiger partial charge in [0.15, 0.2) is 15.6 Å². The Balaban J connectivity index is 0.995. The van der Waals surface area contributed by atoms with E-state index in [-0.39, 0.29) is 40.1 Å². The number of Topliss-reactive ketones (excluding diaryl/α,β-unsaturated/α-hetero) is 1. The number of aromatic hydroxyl groups is 1. The molecule has 0 aromatic heterocycles. The van der Waals surface area contributed by atoms with E-state index >= 15 is 0 Å². The highest BCUT2D eigenvalue weighted by atomic mass is 32.2. The van der Waals surface area contributed by atoms with Gasteiger partial charge >= 0.3 is 0 Å². The highest BCUT2D eigenvalue weighted by Crippen LogP contribution is 2.53. The highest BCUT2D eigenvalue weighted by Gasteiger charge is 2.49. The quantitative estimate of drug-likeness (QED) is 0.236. The van der Waals surface area contributed by atoms with Crippen molar-refractivity contribution in [3.05, 3.63) is 89.0 Å². The molecule has 1 saturated heterocycles. The predicted molar refractivity (Wildman–Crippen MR) is 174 cm³/mol. The summed E-state index contributed by atoms with van der Waals surface area (Å²) in [5.74, 6) is 0.578. The molecular weight excluding hydrogens is 588 g/mol. The van der Waals surface area contributed by atoms with Gasteiger partial charge in [-0.05, 0) is 98.2 Å². The van der Waals surface area contributed by atoms with E-state index in [0.717, 1.165) is 69.9 Å². The van der Waals surface area contributed by atoms with Gasteiger partial charge in [0, 0.05) is 30.5 Å². The van der Waals surface area contributed by atoms with Crippen LogP contribution in [0.15, 0.2) is 71.6 Å². The monoisotopic (exact) mass is 632 g/mol. The van der Waals surface area contributed by atoms with Crippen LogP contribution in [-0.4, -0.2) is 69.1 Å². The summed E-state index contributed by atoms with van der Waals surface area (Å²) in [7, 11) is -3.59. The van der Waals surface area contributed by atoms with Crippen LogP contribution in [0.2, 0.25) is 0 Å². The molecule has 3 aromatic rings. The lowest BCUT2D eigenvalue weighted by Crippen LogP contribution is -2.41. The predicted octanol–water partition coefficient (Wildman–Crippen LogP) is 4.74. The number of benzene rings is 3. The second-order valence-electron chi connectivity index (χ2n) is 13.2. The third-order valence-corrected chi connectivity index (χ3v) is 11.3. The normalized spacial score (nSPS) is 23.4. The smallest absolute Gasteiger partial charge is 0.179 e. The average Bonchev–Trinajstić information content (AvgIpc) is 3.35. The Kier molecular flexibility index (Phi) is 9.34. The van der Waals surface area contributed by atoms with Gasteiger partial charge in [-0.25, -0.2) is 8.42 Å². The van der Waals surface area contributed by atoms with Gasteiger partial charge < -0.3 is 25.6 Å². The van der Waals surface area contributed by atoms with Crippen molar-refractivity contribution in [2.45, 2.75) is 73.8 Å². The molecule has 4 N–H and O–H groups in total. The Morgan fingerprint density at radius 3 is 2.44 bits per heavy atom. The number of aliphatic hydroxyl groups is 1. The van der Waals surface area contributed by atoms with Crippen LogP contribution >= 0.6 is 0 Å². The molecular formula is C36H44N2O6S. The fourth-order valence-electron chi connectivity index (χ4n) is 7.75. The van der Waals surface area contributed by atoms with Crippen molar-refractivity contribution in [1.82, 2.24) is 10.6 Å². The number of carbonyl (C=O) groups is 1. The first-order valence-electron chi connectivity index (χ1n) is 16.1. The van der Waals surface area contributed by atoms with Crippen LogP contribution in [-0.2, 0) is 16.3 Å². The number of ether oxygens (including phenoxy) is 1. The molecule has 3 aromatic carbocycles. The van der Waals surface area contributed by atoms with Gasteiger partial charge in [0.2, 0.25) is 0 Å². The lowest BCUT2D eigenvalue weighted by atomic mass is 9.67. The second kappa shape index (κ2) is 13.2. The van der Waals surface area contributed by atoms with Crippen LogP contribution in [0.4, 0.5) is 0 Å². The topological polar surface area (TPSA) is 125 Å². The van der Waals surface area contributed by atoms with Gasteiger partial charge in [-0.3, -0.25) is 4.79 Å². The largest absolute Gasteiger partial charge is 0.507 e. The van der Waals surface area contributed by atoms with Crippen molar-refractivity contribution in [3.8, 4) is 11.5 Å². The number of piperidine rings is 1. The lowest BCUT2D eigenvalue weighted by Gasteiger charge is -2.39. The van der Waals surface area contributed by atoms with E-state index in [1.807, 2.05) is 12.1 Å². The van der Waals surface area contributed by atoms with Crippen LogP contribution < -0.4 is 15.4 Å². The van der Waals surface area contributed by atoms with Crippen molar-refractivity contribution in [2.75, 3.05) is 32.5 Å². The van der Waals surface area contributed by atoms with Gasteiger partial charge in [0.05, 0.1) is 5.92 Å². The van der Waals surface area contributed by atoms with E-state index in [1.165, 1.54) is 34.9 Å². The Morgan fingerprint density at radius 2 is 1.73 bits per heavy atom. The number of hydrogen-bond acceptors (Lipinski definition) is 8. The maximum absolute atomic E-state index is 14.0. The summed E-state index contributed by atoms with van der Waals surface area (Å²) in [6, 6.07) is 21.2. The van der Waals surface area contributed by atoms with Crippen molar-refractivity contribution in [2.24, 2.45) is 5.41 Å². The number of sulfone groups is 1. The number of aliphatic hydroxyl groups excluding tert-OH is 1. The number of ketones is 1. The minimum atomic E-state index is -3.59. The fourth-order valence-corrected chi connectivity index (χ4v) is 8.53. The average molecular weight is 633 g/mol. The number of phenolic OH excluding ortho intramolecular Hbond substituents is 1. The van der Waals surface area contributed by atoms with E-state index in [1.54, 1.807) is 0 Å². The molecule has 1 heterocycles. The Bertz CT molecular complexity index is 1610. The van der Waals surface area contributed by atoms with E-state index in [9.17, 15) is 23.4 Å². The standard InChI is InChI=1S/C36H44N2O6S/c1-45(42,43)33-20-30(14-15-32(33)40)44-23-29(39)22-38-28-12-10-25(11-13-28)24-6-8-26(9-7-24)35(41)34-31-5-3-2-4-27(31)21-36(34)16-18-37-19-17-36/h2-9,14-15,20,25,28-29,34,37-40H,10-13,16-19,21-23H2,1H3/t25?,28?,29-,34?/m1/s1. The molecule has 3 aliphatic rings. The van der Waals surface area contributed by atoms with E-state index in [4.69, 9.17) is 4.74 Å². The molecule has 45 heavy (non-hydrogen) atoms. The zero-order chi connectivity index (χ0) is 31.6. The van der Waals surface area contributed by atoms with Crippen LogP contribution in [0.5, 0.6) is 11.5 Å². The van der Waals surface area contributed by atoms with E-state index in [2.05, 4.69) is 47.0 Å². The van der Waals surface area contributed by atoms with Crippen molar-refractivity contribution >= 4 is 15.6 Å². The third kappa shape index (κ3) is 6.97. The summed E-state index contributed by atoms with van der Waals surface area (Å²) in [5.41, 5.74) is 4.66. The van der Waals surface area contributed by atoms with Gasteiger partial charge in [-0.2, -0.15) is 0 Å². The zero-order valence-corrected chi connectivity index (χ0v) is 26.7. The number of rotatable bonds is 10. The first-order chi connectivity index (χ1) is 21.6. The molecule has 1 aliphatic heterocycles. The van der Waals surface area contributed by atoms with Crippen LogP contribution in [0.25, 0.3) is 0 Å². The number of hydrogen-bond donors (Lipinski definition) is 4. The number of fused-ring (bicyclic) bond motifs is 1. The fraction of sp³-hybridized carbons (Fsp3) is 0.472. The molecule has 1 saturated carbocycles. The third-order valence-electron chi connectivity index (χ3n) is 10.2. The number of nitrogens with one attached hydrogen (secondary N) is 2. The van der Waals surface area contributed by atoms with Crippen molar-refractivity contribution in [1.29, 1.82) is 0 Å². The SMILES string of the molecule is CS(=O)(=O)c1cc(OC[C@H](O)CNC2CCC(c3ccc(C(=O)C4c5ccccc5CC45CCNCC5)cc3)CC2)ccc1O. The summed E-state index contributed by atoms with van der Waals surface area (Å²) >= 11 is 0. The molecule has 2 fully saturated rings. The molecule has 240 valence electrons. The van der Waals surface area contributed by atoms with Crippen molar-refractivity contribution in [3.63, 3.8) is 0 Å². The molecule has 2 aliphatic carbocycles. The van der Waals surface area contributed by atoms with Gasteiger partial charge in [-0.1, -0.05) is 48.5 Å². The summed E-state index contributed by atoms with van der Waals surface area (Å²) in [4.78, 5) is 13.8. The van der Waals surface area contributed by atoms with Crippen LogP contribution in [0.1, 0.15) is 77.4 Å². The van der Waals surface area contributed by atoms with Gasteiger partial charge in [0.25, 0.3) is 0 Å². The first-order valence-corrected chi connectivity index (χ1v) is 18.0. The molecule has 1 unspecified atom stereocenters. The van der Waals surface area contributed by atoms with Crippen molar-refractivity contribution < 1.29 is 28.2 Å². The summed E-state index contributed by atoms with van der Waals surface area (Å²) in [6.45, 7) is 2.31. The molecule has 1 spiro atoms. The Labute approximate surface area is 266 Å².